The number of carbonyl (C=O) groups is 2. The van der Waals surface area contributed by atoms with Crippen molar-refractivity contribution in [3.8, 4) is 11.5 Å². The van der Waals surface area contributed by atoms with Crippen molar-refractivity contribution in [2.24, 2.45) is 0 Å². The molecule has 25 heavy (non-hydrogen) atoms. The molecule has 6 nitrogen and oxygen atoms in total. The first-order chi connectivity index (χ1) is 12.0. The molecule has 1 aliphatic rings. The average molecular weight is 340 g/mol. The summed E-state index contributed by atoms with van der Waals surface area (Å²) < 4.78 is 11.1. The van der Waals surface area contributed by atoms with Gasteiger partial charge in [-0.25, -0.2) is 0 Å². The number of rotatable bonds is 5. The second-order valence-electron chi connectivity index (χ2n) is 5.80. The summed E-state index contributed by atoms with van der Waals surface area (Å²) in [6.45, 7) is 2.00. The number of ether oxygens (including phenoxy) is 2. The van der Waals surface area contributed by atoms with E-state index < -0.39 is 6.10 Å². The number of carbonyl (C=O) groups excluding carboxylic acids is 2. The molecular weight excluding hydrogens is 320 g/mol. The Bertz CT molecular complexity index is 776. The largest absolute Gasteiger partial charge is 0.493 e. The highest BCUT2D eigenvalue weighted by Crippen LogP contribution is 2.35. The molecule has 0 aromatic heterocycles. The Hall–Kier alpha value is -3.02. The van der Waals surface area contributed by atoms with Gasteiger partial charge in [-0.1, -0.05) is 18.2 Å². The van der Waals surface area contributed by atoms with E-state index in [4.69, 9.17) is 9.47 Å². The van der Waals surface area contributed by atoms with Gasteiger partial charge < -0.3 is 19.7 Å². The molecule has 0 saturated carbocycles. The van der Waals surface area contributed by atoms with E-state index in [0.29, 0.717) is 23.7 Å². The van der Waals surface area contributed by atoms with Crippen LogP contribution in [0.15, 0.2) is 48.5 Å². The van der Waals surface area contributed by atoms with Gasteiger partial charge in [0.2, 0.25) is 5.91 Å². The van der Waals surface area contributed by atoms with Gasteiger partial charge in [-0.2, -0.15) is 0 Å². The normalized spacial score (nSPS) is 16.0. The first kappa shape index (κ1) is 16.8. The van der Waals surface area contributed by atoms with Crippen molar-refractivity contribution in [2.45, 2.75) is 19.4 Å². The van der Waals surface area contributed by atoms with E-state index in [-0.39, 0.29) is 18.2 Å². The molecule has 1 N–H and O–H groups in total. The van der Waals surface area contributed by atoms with Crippen LogP contribution in [0, 0.1) is 0 Å². The van der Waals surface area contributed by atoms with Gasteiger partial charge in [-0.3, -0.25) is 9.59 Å². The molecule has 0 radical (unpaired) electrons. The lowest BCUT2D eigenvalue weighted by Crippen LogP contribution is -2.41. The summed E-state index contributed by atoms with van der Waals surface area (Å²) in [5, 5.41) is 2.81. The number of anilines is 2. The van der Waals surface area contributed by atoms with Gasteiger partial charge in [0.15, 0.2) is 6.10 Å². The van der Waals surface area contributed by atoms with Crippen molar-refractivity contribution in [3.63, 3.8) is 0 Å². The number of amides is 2. The summed E-state index contributed by atoms with van der Waals surface area (Å²) in [4.78, 5) is 25.6. The van der Waals surface area contributed by atoms with Crippen LogP contribution in [0.25, 0.3) is 0 Å². The van der Waals surface area contributed by atoms with Crippen LogP contribution in [0.5, 0.6) is 11.5 Å². The molecule has 0 fully saturated rings. The predicted octanol–water partition coefficient (Wildman–Crippen LogP) is 2.84. The molecule has 1 unspecified atom stereocenters. The van der Waals surface area contributed by atoms with Gasteiger partial charge >= 0.3 is 0 Å². The van der Waals surface area contributed by atoms with Crippen LogP contribution < -0.4 is 19.7 Å². The second kappa shape index (κ2) is 7.25. The van der Waals surface area contributed by atoms with Crippen LogP contribution >= 0.6 is 0 Å². The van der Waals surface area contributed by atoms with Crippen molar-refractivity contribution < 1.29 is 19.1 Å². The number of likely N-dealkylation sites (N-methyl/N-ethyl adjacent to an activating group) is 1. The van der Waals surface area contributed by atoms with E-state index in [1.807, 2.05) is 30.3 Å². The Kier molecular flexibility index (Phi) is 4.88. The monoisotopic (exact) mass is 340 g/mol. The van der Waals surface area contributed by atoms with Gasteiger partial charge in [0.1, 0.15) is 11.5 Å². The zero-order chi connectivity index (χ0) is 17.8. The number of hydrogen-bond donors (Lipinski definition) is 1. The van der Waals surface area contributed by atoms with E-state index >= 15 is 0 Å². The summed E-state index contributed by atoms with van der Waals surface area (Å²) in [5.74, 6) is 1.08. The van der Waals surface area contributed by atoms with E-state index in [1.165, 1.54) is 4.90 Å². The first-order valence-corrected chi connectivity index (χ1v) is 8.10. The van der Waals surface area contributed by atoms with Gasteiger partial charge in [0.25, 0.3) is 5.91 Å². The molecule has 1 atom stereocenters. The van der Waals surface area contributed by atoms with E-state index in [0.717, 1.165) is 5.75 Å². The number of benzene rings is 2. The Balaban J connectivity index is 1.58. The van der Waals surface area contributed by atoms with E-state index in [9.17, 15) is 9.59 Å². The molecule has 0 spiro atoms. The zero-order valence-electron chi connectivity index (χ0n) is 14.2. The highest BCUT2D eigenvalue weighted by molar-refractivity contribution is 6.00. The van der Waals surface area contributed by atoms with E-state index in [1.54, 1.807) is 32.2 Å². The Morgan fingerprint density at radius 3 is 2.76 bits per heavy atom. The lowest BCUT2D eigenvalue weighted by atomic mass is 10.2. The lowest BCUT2D eigenvalue weighted by molar-refractivity contribution is -0.125. The van der Waals surface area contributed by atoms with Crippen LogP contribution in [-0.2, 0) is 9.59 Å². The molecule has 0 saturated heterocycles. The molecule has 0 aliphatic carbocycles. The van der Waals surface area contributed by atoms with E-state index in [2.05, 4.69) is 5.32 Å². The predicted molar refractivity (Wildman–Crippen MR) is 95.1 cm³/mol. The number of nitrogens with zero attached hydrogens (tertiary/aromatic N) is 1. The highest BCUT2D eigenvalue weighted by atomic mass is 16.5. The number of para-hydroxylation sites is 1. The molecule has 0 bridgehead atoms. The van der Waals surface area contributed by atoms with Crippen LogP contribution in [0.2, 0.25) is 0 Å². The summed E-state index contributed by atoms with van der Waals surface area (Å²) in [5.41, 5.74) is 1.25. The SMILES string of the molecule is CC1Oc2ccc(NC(=O)CCOc3ccccc3)cc2N(C)C1=O. The number of fused-ring (bicyclic) bond motifs is 1. The fourth-order valence-corrected chi connectivity index (χ4v) is 2.59. The molecular formula is C19H20N2O4. The van der Waals surface area contributed by atoms with Crippen molar-refractivity contribution in [3.05, 3.63) is 48.5 Å². The molecule has 1 aliphatic heterocycles. The summed E-state index contributed by atoms with van der Waals surface area (Å²) in [6.07, 6.45) is -0.276. The van der Waals surface area contributed by atoms with Crippen molar-refractivity contribution in [1.82, 2.24) is 0 Å². The molecule has 1 heterocycles. The standard InChI is InChI=1S/C19H20N2O4/c1-13-19(23)21(2)16-12-14(8-9-17(16)25-13)20-18(22)10-11-24-15-6-4-3-5-7-15/h3-9,12-13H,10-11H2,1-2H3,(H,20,22). The smallest absolute Gasteiger partial charge is 0.267 e. The van der Waals surface area contributed by atoms with Crippen molar-refractivity contribution in [2.75, 3.05) is 23.9 Å². The maximum absolute atomic E-state index is 12.1. The third kappa shape index (κ3) is 3.91. The minimum Gasteiger partial charge on any atom is -0.493 e. The van der Waals surface area contributed by atoms with Crippen LogP contribution in [0.3, 0.4) is 0 Å². The second-order valence-corrected chi connectivity index (χ2v) is 5.80. The molecule has 2 aromatic carbocycles. The maximum atomic E-state index is 12.1. The van der Waals surface area contributed by atoms with Gasteiger partial charge in [0, 0.05) is 12.7 Å². The zero-order valence-corrected chi connectivity index (χ0v) is 14.2. The van der Waals surface area contributed by atoms with Gasteiger partial charge in [0.05, 0.1) is 18.7 Å². The summed E-state index contributed by atoms with van der Waals surface area (Å²) in [6, 6.07) is 14.6. The fraction of sp³-hybridized carbons (Fsp3) is 0.263. The summed E-state index contributed by atoms with van der Waals surface area (Å²) >= 11 is 0. The highest BCUT2D eigenvalue weighted by Gasteiger charge is 2.28. The van der Waals surface area contributed by atoms with Crippen LogP contribution in [0.4, 0.5) is 11.4 Å². The summed E-state index contributed by atoms with van der Waals surface area (Å²) in [7, 11) is 1.69. The van der Waals surface area contributed by atoms with Crippen molar-refractivity contribution in [1.29, 1.82) is 0 Å². The molecule has 2 aromatic rings. The minimum atomic E-state index is -0.506. The molecule has 6 heteroatoms. The van der Waals surface area contributed by atoms with Crippen molar-refractivity contribution >= 4 is 23.2 Å². The number of hydrogen-bond acceptors (Lipinski definition) is 4. The van der Waals surface area contributed by atoms with Crippen LogP contribution in [0.1, 0.15) is 13.3 Å². The van der Waals surface area contributed by atoms with Crippen LogP contribution in [-0.4, -0.2) is 31.6 Å². The number of nitrogens with one attached hydrogen (secondary N) is 1. The molecule has 3 rings (SSSR count). The average Bonchev–Trinajstić information content (AvgIpc) is 2.61. The molecule has 2 amide bonds. The first-order valence-electron chi connectivity index (χ1n) is 8.10. The Morgan fingerprint density at radius 1 is 1.24 bits per heavy atom. The third-order valence-corrected chi connectivity index (χ3v) is 3.93. The Labute approximate surface area is 146 Å². The van der Waals surface area contributed by atoms with Gasteiger partial charge in [-0.05, 0) is 37.3 Å². The fourth-order valence-electron chi connectivity index (χ4n) is 2.59. The molecule has 130 valence electrons. The third-order valence-electron chi connectivity index (χ3n) is 3.93. The Morgan fingerprint density at radius 2 is 2.00 bits per heavy atom. The quantitative estimate of drug-likeness (QED) is 0.909. The lowest BCUT2D eigenvalue weighted by Gasteiger charge is -2.30. The topological polar surface area (TPSA) is 67.9 Å². The van der Waals surface area contributed by atoms with Gasteiger partial charge in [-0.15, -0.1) is 0 Å². The maximum Gasteiger partial charge on any atom is 0.267 e. The minimum absolute atomic E-state index is 0.118.